The summed E-state index contributed by atoms with van der Waals surface area (Å²) < 4.78 is 39.3. The number of sulfone groups is 1. The summed E-state index contributed by atoms with van der Waals surface area (Å²) in [7, 11) is -1.27. The molecule has 198 valence electrons. The van der Waals surface area contributed by atoms with Gasteiger partial charge in [0, 0.05) is 18.3 Å². The Morgan fingerprint density at radius 2 is 1.78 bits per heavy atom. The quantitative estimate of drug-likeness (QED) is 0.478. The van der Waals surface area contributed by atoms with Crippen LogP contribution < -0.4 is 5.32 Å². The van der Waals surface area contributed by atoms with Crippen molar-refractivity contribution in [1.82, 2.24) is 24.8 Å². The molecule has 0 bridgehead atoms. The van der Waals surface area contributed by atoms with Gasteiger partial charge >= 0.3 is 0 Å². The van der Waals surface area contributed by atoms with Crippen molar-refractivity contribution in [3.8, 4) is 0 Å². The molecule has 1 fully saturated rings. The van der Waals surface area contributed by atoms with Crippen molar-refractivity contribution in [2.75, 3.05) is 25.5 Å². The lowest BCUT2D eigenvalue weighted by atomic mass is 9.89. The van der Waals surface area contributed by atoms with Gasteiger partial charge in [-0.15, -0.1) is 0 Å². The predicted octanol–water partition coefficient (Wildman–Crippen LogP) is 4.57. The number of hydrogen-bond donors (Lipinski definition) is 1. The Labute approximate surface area is 218 Å². The molecule has 0 radical (unpaired) electrons. The van der Waals surface area contributed by atoms with Gasteiger partial charge in [-0.05, 0) is 95.9 Å². The van der Waals surface area contributed by atoms with E-state index in [0.717, 1.165) is 42.8 Å². The zero-order valence-electron chi connectivity index (χ0n) is 22.1. The molecule has 3 heterocycles. The van der Waals surface area contributed by atoms with E-state index >= 15 is 0 Å². The van der Waals surface area contributed by atoms with Crippen LogP contribution in [0.2, 0.25) is 0 Å². The van der Waals surface area contributed by atoms with Gasteiger partial charge in [-0.1, -0.05) is 6.07 Å². The van der Waals surface area contributed by atoms with E-state index in [0.29, 0.717) is 29.4 Å². The summed E-state index contributed by atoms with van der Waals surface area (Å²) in [5.41, 5.74) is 4.07. The molecule has 37 heavy (non-hydrogen) atoms. The molecular formula is C27H35FN6O2S. The Kier molecular flexibility index (Phi) is 7.89. The summed E-state index contributed by atoms with van der Waals surface area (Å²) in [5.74, 6) is 0.228. The summed E-state index contributed by atoms with van der Waals surface area (Å²) in [6.07, 6.45) is 5.39. The van der Waals surface area contributed by atoms with Gasteiger partial charge in [0.1, 0.15) is 12.1 Å². The molecule has 1 aliphatic rings. The average Bonchev–Trinajstić information content (AvgIpc) is 2.81. The van der Waals surface area contributed by atoms with Gasteiger partial charge in [0.2, 0.25) is 5.95 Å². The lowest BCUT2D eigenvalue weighted by Gasteiger charge is -2.29. The first kappa shape index (κ1) is 27.1. The van der Waals surface area contributed by atoms with Crippen molar-refractivity contribution in [3.63, 3.8) is 0 Å². The van der Waals surface area contributed by atoms with Crippen molar-refractivity contribution in [3.05, 3.63) is 70.8 Å². The Morgan fingerprint density at radius 3 is 2.46 bits per heavy atom. The van der Waals surface area contributed by atoms with Crippen LogP contribution in [-0.2, 0) is 22.0 Å². The Balaban J connectivity index is 1.48. The van der Waals surface area contributed by atoms with Gasteiger partial charge in [0.15, 0.2) is 9.84 Å². The zero-order valence-corrected chi connectivity index (χ0v) is 22.9. The van der Waals surface area contributed by atoms with Crippen LogP contribution in [0.4, 0.5) is 16.0 Å². The monoisotopic (exact) mass is 526 g/mol. The summed E-state index contributed by atoms with van der Waals surface area (Å²) in [6.45, 7) is 8.89. The van der Waals surface area contributed by atoms with E-state index in [9.17, 15) is 12.8 Å². The average molecular weight is 527 g/mol. The third-order valence-corrected chi connectivity index (χ3v) is 9.43. The fourth-order valence-electron chi connectivity index (χ4n) is 4.30. The minimum Gasteiger partial charge on any atom is -0.324 e. The third-order valence-electron chi connectivity index (χ3n) is 6.89. The van der Waals surface area contributed by atoms with Crippen LogP contribution in [0.5, 0.6) is 0 Å². The van der Waals surface area contributed by atoms with Crippen LogP contribution in [0, 0.1) is 12.7 Å². The van der Waals surface area contributed by atoms with Gasteiger partial charge in [-0.2, -0.15) is 0 Å². The Bertz CT molecular complexity index is 1370. The molecule has 0 saturated carbocycles. The normalized spacial score (nSPS) is 15.6. The lowest BCUT2D eigenvalue weighted by Crippen LogP contribution is -2.29. The van der Waals surface area contributed by atoms with Gasteiger partial charge in [0.25, 0.3) is 0 Å². The number of halogens is 1. The van der Waals surface area contributed by atoms with E-state index in [1.54, 1.807) is 33.0 Å². The van der Waals surface area contributed by atoms with Gasteiger partial charge in [-0.25, -0.2) is 32.7 Å². The maximum absolute atomic E-state index is 14.9. The number of nitrogens with one attached hydrogen (secondary N) is 1. The molecule has 1 aliphatic heterocycles. The number of aromatic nitrogens is 4. The largest absolute Gasteiger partial charge is 0.324 e. The SMILES string of the molecule is Cc1cnc(Nc2ccc(C3CCN(C)CC3)c(F)c2)nc1Cc1cc(CS(=O)(=O)C(C)(C)C)ncn1. The second kappa shape index (κ2) is 10.8. The molecule has 1 aromatic carbocycles. The number of nitrogens with zero attached hydrogens (tertiary/aromatic N) is 5. The number of benzene rings is 1. The molecule has 8 nitrogen and oxygen atoms in total. The molecule has 10 heteroatoms. The fraction of sp³-hybridized carbons (Fsp3) is 0.481. The fourth-order valence-corrected chi connectivity index (χ4v) is 5.28. The number of aryl methyl sites for hydroxylation is 1. The van der Waals surface area contributed by atoms with Gasteiger partial charge < -0.3 is 10.2 Å². The molecule has 1 saturated heterocycles. The predicted molar refractivity (Wildman–Crippen MR) is 143 cm³/mol. The van der Waals surface area contributed by atoms with E-state index in [1.807, 2.05) is 19.1 Å². The third kappa shape index (κ3) is 6.67. The highest BCUT2D eigenvalue weighted by atomic mass is 32.2. The van der Waals surface area contributed by atoms with Crippen LogP contribution in [-0.4, -0.2) is 58.1 Å². The van der Waals surface area contributed by atoms with E-state index in [2.05, 4.69) is 37.2 Å². The van der Waals surface area contributed by atoms with Crippen molar-refractivity contribution in [2.45, 2.75) is 63.4 Å². The first-order chi connectivity index (χ1) is 17.4. The zero-order chi connectivity index (χ0) is 26.8. The van der Waals surface area contributed by atoms with Crippen molar-refractivity contribution in [1.29, 1.82) is 0 Å². The van der Waals surface area contributed by atoms with Gasteiger partial charge in [-0.3, -0.25) is 0 Å². The van der Waals surface area contributed by atoms with Crippen LogP contribution in [0.3, 0.4) is 0 Å². The second-order valence-electron chi connectivity index (χ2n) is 10.8. The molecule has 0 aliphatic carbocycles. The highest BCUT2D eigenvalue weighted by molar-refractivity contribution is 7.91. The van der Waals surface area contributed by atoms with E-state index < -0.39 is 14.6 Å². The van der Waals surface area contributed by atoms with Crippen LogP contribution in [0.25, 0.3) is 0 Å². The molecule has 0 amide bonds. The van der Waals surface area contributed by atoms with Crippen LogP contribution in [0.15, 0.2) is 36.8 Å². The van der Waals surface area contributed by atoms with E-state index in [-0.39, 0.29) is 17.5 Å². The standard InChI is InChI=1S/C27H35FN6O2S/c1-18-15-29-26(32-20-6-7-23(24(28)13-20)19-8-10-34(5)11-9-19)33-25(18)14-21-12-22(31-17-30-21)16-37(35,36)27(2,3)4/h6-7,12-13,15,17,19H,8-11,14,16H2,1-5H3,(H,29,32,33). The number of rotatable bonds is 7. The lowest BCUT2D eigenvalue weighted by molar-refractivity contribution is 0.253. The highest BCUT2D eigenvalue weighted by Gasteiger charge is 2.29. The molecule has 1 N–H and O–H groups in total. The smallest absolute Gasteiger partial charge is 0.227 e. The second-order valence-corrected chi connectivity index (χ2v) is 13.6. The number of likely N-dealkylation sites (tertiary alicyclic amines) is 1. The van der Waals surface area contributed by atoms with E-state index in [1.165, 1.54) is 12.4 Å². The summed E-state index contributed by atoms with van der Waals surface area (Å²) >= 11 is 0. The van der Waals surface area contributed by atoms with Crippen LogP contribution in [0.1, 0.15) is 67.7 Å². The minimum absolute atomic E-state index is 0.152. The van der Waals surface area contributed by atoms with E-state index in [4.69, 9.17) is 0 Å². The minimum atomic E-state index is -3.37. The maximum atomic E-state index is 14.9. The first-order valence-corrected chi connectivity index (χ1v) is 14.2. The molecular weight excluding hydrogens is 491 g/mol. The highest BCUT2D eigenvalue weighted by Crippen LogP contribution is 2.31. The number of piperidine rings is 1. The molecule has 0 spiro atoms. The molecule has 3 aromatic rings. The topological polar surface area (TPSA) is 101 Å². The van der Waals surface area contributed by atoms with Crippen molar-refractivity contribution >= 4 is 21.5 Å². The van der Waals surface area contributed by atoms with Crippen molar-refractivity contribution in [2.24, 2.45) is 0 Å². The number of hydrogen-bond acceptors (Lipinski definition) is 8. The number of anilines is 2. The van der Waals surface area contributed by atoms with Crippen molar-refractivity contribution < 1.29 is 12.8 Å². The maximum Gasteiger partial charge on any atom is 0.227 e. The molecule has 0 atom stereocenters. The summed E-state index contributed by atoms with van der Waals surface area (Å²) in [6, 6.07) is 6.93. The molecule has 0 unspecified atom stereocenters. The van der Waals surface area contributed by atoms with Gasteiger partial charge in [0.05, 0.1) is 27.6 Å². The summed E-state index contributed by atoms with van der Waals surface area (Å²) in [5, 5.41) is 3.11. The molecule has 2 aromatic heterocycles. The molecule has 4 rings (SSSR count). The summed E-state index contributed by atoms with van der Waals surface area (Å²) in [4.78, 5) is 19.7. The first-order valence-electron chi connectivity index (χ1n) is 12.5. The van der Waals surface area contributed by atoms with Crippen LogP contribution >= 0.6 is 0 Å². The Morgan fingerprint density at radius 1 is 1.08 bits per heavy atom. The Hall–Kier alpha value is -2.98.